The highest BCUT2D eigenvalue weighted by atomic mass is 19.4. The third kappa shape index (κ3) is 7.60. The summed E-state index contributed by atoms with van der Waals surface area (Å²) in [6.07, 6.45) is 2.74. The summed E-state index contributed by atoms with van der Waals surface area (Å²) >= 11 is 0. The highest BCUT2D eigenvalue weighted by Crippen LogP contribution is 2.24. The Kier molecular flexibility index (Phi) is 8.50. The molecule has 0 radical (unpaired) electrons. The van der Waals surface area contributed by atoms with Crippen LogP contribution in [0.4, 0.5) is 13.2 Å². The summed E-state index contributed by atoms with van der Waals surface area (Å²) < 4.78 is 44.3. The van der Waals surface area contributed by atoms with Crippen LogP contribution in [0.15, 0.2) is 35.3 Å². The molecule has 0 bridgehead atoms. The van der Waals surface area contributed by atoms with Gasteiger partial charge in [-0.1, -0.05) is 0 Å². The Morgan fingerprint density at radius 2 is 1.97 bits per heavy atom. The number of halogens is 3. The topological polar surface area (TPSA) is 110 Å². The zero-order valence-corrected chi connectivity index (χ0v) is 18.0. The number of fused-ring (bicyclic) bond motifs is 1. The van der Waals surface area contributed by atoms with Gasteiger partial charge >= 0.3 is 12.1 Å². The van der Waals surface area contributed by atoms with Crippen LogP contribution in [0.25, 0.3) is 0 Å². The van der Waals surface area contributed by atoms with E-state index in [1.54, 1.807) is 12.5 Å². The number of nitrogens with zero attached hydrogens (tertiary/aromatic N) is 3. The molecule has 0 saturated carbocycles. The Hall–Kier alpha value is -2.86. The van der Waals surface area contributed by atoms with Gasteiger partial charge in [0.15, 0.2) is 0 Å². The average molecular weight is 472 g/mol. The number of amides is 1. The molecule has 0 aliphatic carbocycles. The molecule has 2 aromatic rings. The number of carbonyl (C=O) groups excluding carboxylic acids is 1. The van der Waals surface area contributed by atoms with Gasteiger partial charge in [0.25, 0.3) is 0 Å². The standard InChI is InChI=1S/C19H26N4O3.C2HF3O2/c24-19(20-10-15-2-6-25-7-3-15)9-18-13-22(11-16-4-8-26-14-16)12-17-1-5-21-23(17)18;3-2(4,5)1(6)7/h1,4-5,8,14-15,18H,2-3,6-7,9-13H2,(H,20,24);(H,6,7). The number of hydrogen-bond donors (Lipinski definition) is 2. The normalized spacial score (nSPS) is 19.3. The second kappa shape index (κ2) is 11.3. The lowest BCUT2D eigenvalue weighted by molar-refractivity contribution is -0.192. The Morgan fingerprint density at radius 3 is 2.61 bits per heavy atom. The van der Waals surface area contributed by atoms with Gasteiger partial charge in [-0.05, 0) is 30.9 Å². The summed E-state index contributed by atoms with van der Waals surface area (Å²) in [5, 5.41) is 14.7. The summed E-state index contributed by atoms with van der Waals surface area (Å²) in [5.41, 5.74) is 2.31. The van der Waals surface area contributed by atoms with Crippen molar-refractivity contribution in [3.05, 3.63) is 42.1 Å². The van der Waals surface area contributed by atoms with Crippen molar-refractivity contribution in [3.63, 3.8) is 0 Å². The maximum atomic E-state index is 12.5. The van der Waals surface area contributed by atoms with Crippen LogP contribution in [0.1, 0.15) is 36.6 Å². The molecule has 1 unspecified atom stereocenters. The molecule has 1 saturated heterocycles. The third-order valence-corrected chi connectivity index (χ3v) is 5.53. The molecule has 0 aromatic carbocycles. The number of carboxylic acid groups (broad SMARTS) is 1. The van der Waals surface area contributed by atoms with Crippen LogP contribution in [0.5, 0.6) is 0 Å². The van der Waals surface area contributed by atoms with Crippen molar-refractivity contribution in [1.82, 2.24) is 20.0 Å². The zero-order valence-electron chi connectivity index (χ0n) is 18.0. The van der Waals surface area contributed by atoms with Crippen LogP contribution in [0, 0.1) is 5.92 Å². The van der Waals surface area contributed by atoms with Crippen molar-refractivity contribution in [2.75, 3.05) is 26.3 Å². The first-order valence-electron chi connectivity index (χ1n) is 10.6. The first kappa shape index (κ1) is 24.8. The van der Waals surface area contributed by atoms with E-state index in [4.69, 9.17) is 19.1 Å². The molecule has 4 heterocycles. The molecule has 9 nitrogen and oxygen atoms in total. The molecular weight excluding hydrogens is 445 g/mol. The maximum Gasteiger partial charge on any atom is 0.490 e. The lowest BCUT2D eigenvalue weighted by atomic mass is 10.0. The molecule has 1 atom stereocenters. The summed E-state index contributed by atoms with van der Waals surface area (Å²) in [6.45, 7) is 4.84. The minimum atomic E-state index is -5.08. The van der Waals surface area contributed by atoms with Crippen molar-refractivity contribution in [2.24, 2.45) is 5.92 Å². The molecule has 1 amide bonds. The van der Waals surface area contributed by atoms with Gasteiger partial charge in [-0.3, -0.25) is 14.4 Å². The monoisotopic (exact) mass is 472 g/mol. The van der Waals surface area contributed by atoms with Gasteiger partial charge in [0.1, 0.15) is 0 Å². The minimum absolute atomic E-state index is 0.0651. The summed E-state index contributed by atoms with van der Waals surface area (Å²) in [6, 6.07) is 4.09. The van der Waals surface area contributed by atoms with Crippen LogP contribution >= 0.6 is 0 Å². The van der Waals surface area contributed by atoms with Crippen molar-refractivity contribution in [1.29, 1.82) is 0 Å². The third-order valence-electron chi connectivity index (χ3n) is 5.53. The first-order valence-corrected chi connectivity index (χ1v) is 10.6. The van der Waals surface area contributed by atoms with E-state index in [0.29, 0.717) is 12.3 Å². The second-order valence-corrected chi connectivity index (χ2v) is 8.09. The first-order chi connectivity index (χ1) is 15.7. The number of alkyl halides is 3. The van der Waals surface area contributed by atoms with Gasteiger partial charge in [-0.15, -0.1) is 0 Å². The van der Waals surface area contributed by atoms with Crippen LogP contribution < -0.4 is 5.32 Å². The number of hydrogen-bond acceptors (Lipinski definition) is 6. The predicted molar refractivity (Wildman–Crippen MR) is 109 cm³/mol. The Bertz CT molecular complexity index is 894. The minimum Gasteiger partial charge on any atom is -0.475 e. The zero-order chi connectivity index (χ0) is 23.8. The maximum absolute atomic E-state index is 12.5. The fraction of sp³-hybridized carbons (Fsp3) is 0.571. The van der Waals surface area contributed by atoms with E-state index in [9.17, 15) is 18.0 Å². The molecular formula is C21H27F3N4O5. The van der Waals surface area contributed by atoms with E-state index >= 15 is 0 Å². The van der Waals surface area contributed by atoms with E-state index in [2.05, 4.69) is 15.3 Å². The van der Waals surface area contributed by atoms with Crippen LogP contribution in [-0.4, -0.2) is 64.1 Å². The van der Waals surface area contributed by atoms with Crippen molar-refractivity contribution < 1.29 is 37.0 Å². The fourth-order valence-corrected chi connectivity index (χ4v) is 3.87. The van der Waals surface area contributed by atoms with Gasteiger partial charge in [-0.25, -0.2) is 4.79 Å². The van der Waals surface area contributed by atoms with Crippen LogP contribution in [0.2, 0.25) is 0 Å². The van der Waals surface area contributed by atoms with Crippen LogP contribution in [-0.2, 0) is 27.4 Å². The Labute approximate surface area is 188 Å². The molecule has 2 aromatic heterocycles. The number of aliphatic carboxylic acids is 1. The number of carboxylic acids is 1. The Morgan fingerprint density at radius 1 is 1.24 bits per heavy atom. The Balaban J connectivity index is 0.000000383. The van der Waals surface area contributed by atoms with Gasteiger partial charge in [-0.2, -0.15) is 18.3 Å². The van der Waals surface area contributed by atoms with E-state index in [1.807, 2.05) is 23.0 Å². The number of ether oxygens (including phenoxy) is 1. The van der Waals surface area contributed by atoms with E-state index < -0.39 is 12.1 Å². The number of aromatic nitrogens is 2. The highest BCUT2D eigenvalue weighted by molar-refractivity contribution is 5.76. The summed E-state index contributed by atoms with van der Waals surface area (Å²) in [4.78, 5) is 23.7. The molecule has 2 N–H and O–H groups in total. The van der Waals surface area contributed by atoms with E-state index in [-0.39, 0.29) is 11.9 Å². The summed E-state index contributed by atoms with van der Waals surface area (Å²) in [7, 11) is 0. The highest BCUT2D eigenvalue weighted by Gasteiger charge is 2.38. The molecule has 33 heavy (non-hydrogen) atoms. The van der Waals surface area contributed by atoms with Crippen molar-refractivity contribution in [2.45, 2.75) is 44.6 Å². The predicted octanol–water partition coefficient (Wildman–Crippen LogP) is 2.60. The molecule has 2 aliphatic heterocycles. The number of nitrogens with one attached hydrogen (secondary N) is 1. The molecule has 182 valence electrons. The van der Waals surface area contributed by atoms with Crippen molar-refractivity contribution in [3.8, 4) is 0 Å². The lowest BCUT2D eigenvalue weighted by Gasteiger charge is -2.33. The van der Waals surface area contributed by atoms with Gasteiger partial charge in [0.2, 0.25) is 5.91 Å². The number of furan rings is 1. The molecule has 12 heteroatoms. The van der Waals surface area contributed by atoms with Gasteiger partial charge in [0.05, 0.1) is 30.7 Å². The fourth-order valence-electron chi connectivity index (χ4n) is 3.87. The van der Waals surface area contributed by atoms with Gasteiger partial charge < -0.3 is 19.6 Å². The molecule has 4 rings (SSSR count). The van der Waals surface area contributed by atoms with E-state index in [0.717, 1.165) is 63.5 Å². The van der Waals surface area contributed by atoms with Crippen LogP contribution in [0.3, 0.4) is 0 Å². The van der Waals surface area contributed by atoms with Gasteiger partial charge in [0, 0.05) is 51.2 Å². The largest absolute Gasteiger partial charge is 0.490 e. The number of carbonyl (C=O) groups is 2. The second-order valence-electron chi connectivity index (χ2n) is 8.09. The smallest absolute Gasteiger partial charge is 0.475 e. The number of rotatable bonds is 6. The average Bonchev–Trinajstić information content (AvgIpc) is 3.45. The summed E-state index contributed by atoms with van der Waals surface area (Å²) in [5.74, 6) is -2.11. The van der Waals surface area contributed by atoms with E-state index in [1.165, 1.54) is 0 Å². The SMILES string of the molecule is O=C(CC1CN(Cc2ccoc2)Cc2ccnn21)NCC1CCOCC1.O=C(O)C(F)(F)F. The lowest BCUT2D eigenvalue weighted by Crippen LogP contribution is -2.40. The molecule has 2 aliphatic rings. The van der Waals surface area contributed by atoms with Crippen molar-refractivity contribution >= 4 is 11.9 Å². The quantitative estimate of drug-likeness (QED) is 0.665. The molecule has 1 fully saturated rings. The molecule has 0 spiro atoms.